The zero-order valence-electron chi connectivity index (χ0n) is 32.1. The number of nitrogens with zero attached hydrogens (tertiary/aromatic N) is 1. The molecule has 1 unspecified atom stereocenters. The van der Waals surface area contributed by atoms with Crippen molar-refractivity contribution in [2.75, 3.05) is 47.5 Å². The Morgan fingerprint density at radius 3 is 1.68 bits per heavy atom. The Morgan fingerprint density at radius 1 is 0.660 bits per heavy atom. The Balaban J connectivity index is 4.38. The third-order valence-corrected chi connectivity index (χ3v) is 9.30. The topological polar surface area (TPSA) is 128 Å². The van der Waals surface area contributed by atoms with Crippen LogP contribution in [0.1, 0.15) is 155 Å². The second kappa shape index (κ2) is 33.0. The maximum atomic E-state index is 12.6. The Labute approximate surface area is 304 Å². The maximum Gasteiger partial charge on any atom is 0.306 e. The summed E-state index contributed by atoms with van der Waals surface area (Å²) in [7, 11) is 1.11. The maximum absolute atomic E-state index is 12.6. The van der Waals surface area contributed by atoms with Crippen LogP contribution in [0.5, 0.6) is 0 Å². The van der Waals surface area contributed by atoms with E-state index >= 15 is 0 Å². The highest BCUT2D eigenvalue weighted by molar-refractivity contribution is 7.45. The number of rotatable bonds is 36. The van der Waals surface area contributed by atoms with E-state index in [-0.39, 0.29) is 26.1 Å². The van der Waals surface area contributed by atoms with Gasteiger partial charge in [-0.3, -0.25) is 18.9 Å². The molecule has 0 aliphatic rings. The minimum atomic E-state index is -4.63. The van der Waals surface area contributed by atoms with Gasteiger partial charge in [0.25, 0.3) is 7.82 Å². The first-order chi connectivity index (χ1) is 24.0. The summed E-state index contributed by atoms with van der Waals surface area (Å²) < 4.78 is 33.6. The lowest BCUT2D eigenvalue weighted by Crippen LogP contribution is -2.37. The van der Waals surface area contributed by atoms with E-state index < -0.39 is 32.5 Å². The summed E-state index contributed by atoms with van der Waals surface area (Å²) in [6.07, 6.45) is 31.2. The third kappa shape index (κ3) is 36.0. The molecular formula is C39H72NO9P. The number of carbonyl (C=O) groups excluding carboxylic acids is 3. The van der Waals surface area contributed by atoms with Crippen LogP contribution in [0.4, 0.5) is 0 Å². The lowest BCUT2D eigenvalue weighted by Gasteiger charge is -2.28. The summed E-state index contributed by atoms with van der Waals surface area (Å²) in [6, 6.07) is 0. The average molecular weight is 730 g/mol. The van der Waals surface area contributed by atoms with Gasteiger partial charge in [-0.1, -0.05) is 134 Å². The predicted octanol–water partition coefficient (Wildman–Crippen LogP) is 8.95. The van der Waals surface area contributed by atoms with Gasteiger partial charge in [-0.25, -0.2) is 0 Å². The molecule has 0 radical (unpaired) electrons. The van der Waals surface area contributed by atoms with Crippen LogP contribution < -0.4 is 4.89 Å². The molecule has 10 nitrogen and oxygen atoms in total. The number of ether oxygens (including phenoxy) is 2. The molecule has 0 aromatic rings. The highest BCUT2D eigenvalue weighted by atomic mass is 31.2. The molecule has 0 aliphatic heterocycles. The number of esters is 2. The first-order valence-electron chi connectivity index (χ1n) is 19.5. The third-order valence-electron chi connectivity index (χ3n) is 8.33. The van der Waals surface area contributed by atoms with Gasteiger partial charge < -0.3 is 27.9 Å². The van der Waals surface area contributed by atoms with Crippen LogP contribution in [0.15, 0.2) is 24.3 Å². The van der Waals surface area contributed by atoms with Gasteiger partial charge >= 0.3 is 11.9 Å². The number of allylic oxidation sites excluding steroid dienone is 4. The first-order valence-corrected chi connectivity index (χ1v) is 21.0. The minimum Gasteiger partial charge on any atom is -0.756 e. The first kappa shape index (κ1) is 48.2. The number of aldehydes is 1. The van der Waals surface area contributed by atoms with Gasteiger partial charge in [-0.15, -0.1) is 0 Å². The SMILES string of the molecule is CCCCCCCCCCCCCCCCCC(=O)OC[C@@H](COP(=O)([O-])OCC[N+](C)(C)C)OC(=O)CCCCCCC/C=C/C=C/C=O. The fraction of sp³-hybridized carbons (Fsp3) is 0.821. The van der Waals surface area contributed by atoms with E-state index in [1.54, 1.807) is 6.08 Å². The Hall–Kier alpha value is -1.84. The van der Waals surface area contributed by atoms with Gasteiger partial charge in [0.15, 0.2) is 6.10 Å². The molecule has 0 aliphatic carbocycles. The molecular weight excluding hydrogens is 657 g/mol. The van der Waals surface area contributed by atoms with Crippen molar-refractivity contribution in [3.63, 3.8) is 0 Å². The second-order valence-corrected chi connectivity index (χ2v) is 15.8. The normalized spacial score (nSPS) is 13.9. The van der Waals surface area contributed by atoms with E-state index in [1.807, 2.05) is 33.3 Å². The number of quaternary nitrogens is 1. The molecule has 2 atom stereocenters. The van der Waals surface area contributed by atoms with Crippen molar-refractivity contribution in [1.82, 2.24) is 0 Å². The molecule has 0 spiro atoms. The number of unbranched alkanes of at least 4 members (excludes halogenated alkanes) is 19. The zero-order valence-corrected chi connectivity index (χ0v) is 33.0. The van der Waals surface area contributed by atoms with E-state index in [1.165, 1.54) is 83.1 Å². The molecule has 0 amide bonds. The van der Waals surface area contributed by atoms with Crippen LogP contribution in [-0.2, 0) is 37.5 Å². The van der Waals surface area contributed by atoms with Crippen molar-refractivity contribution < 1.29 is 46.8 Å². The largest absolute Gasteiger partial charge is 0.756 e. The van der Waals surface area contributed by atoms with Crippen molar-refractivity contribution in [2.24, 2.45) is 0 Å². The van der Waals surface area contributed by atoms with Crippen molar-refractivity contribution in [3.05, 3.63) is 24.3 Å². The predicted molar refractivity (Wildman–Crippen MR) is 199 cm³/mol. The number of phosphoric acid groups is 1. The molecule has 0 heterocycles. The van der Waals surface area contributed by atoms with E-state index in [2.05, 4.69) is 6.92 Å². The molecule has 0 bridgehead atoms. The molecule has 0 rings (SSSR count). The Bertz CT molecular complexity index is 948. The van der Waals surface area contributed by atoms with E-state index in [9.17, 15) is 23.8 Å². The van der Waals surface area contributed by atoms with Crippen LogP contribution in [0.3, 0.4) is 0 Å². The lowest BCUT2D eigenvalue weighted by molar-refractivity contribution is -0.870. The highest BCUT2D eigenvalue weighted by Crippen LogP contribution is 2.38. The van der Waals surface area contributed by atoms with Gasteiger partial charge in [0.05, 0.1) is 27.7 Å². The fourth-order valence-electron chi connectivity index (χ4n) is 5.24. The summed E-state index contributed by atoms with van der Waals surface area (Å²) in [5, 5.41) is 0. The van der Waals surface area contributed by atoms with Crippen molar-refractivity contribution in [2.45, 2.75) is 161 Å². The lowest BCUT2D eigenvalue weighted by atomic mass is 10.0. The molecule has 0 N–H and O–H groups in total. The summed E-state index contributed by atoms with van der Waals surface area (Å²) in [5.74, 6) is -0.895. The van der Waals surface area contributed by atoms with Crippen LogP contribution >= 0.6 is 7.82 Å². The molecule has 0 aromatic heterocycles. The summed E-state index contributed by atoms with van der Waals surface area (Å²) >= 11 is 0. The van der Waals surface area contributed by atoms with E-state index in [4.69, 9.17) is 18.5 Å². The zero-order chi connectivity index (χ0) is 37.2. The van der Waals surface area contributed by atoms with Crippen LogP contribution in [0, 0.1) is 0 Å². The number of hydrogen-bond donors (Lipinski definition) is 0. The molecule has 0 aromatic carbocycles. The number of hydrogen-bond acceptors (Lipinski definition) is 9. The number of phosphoric ester groups is 1. The minimum absolute atomic E-state index is 0.0452. The highest BCUT2D eigenvalue weighted by Gasteiger charge is 2.21. The molecule has 292 valence electrons. The Kier molecular flexibility index (Phi) is 31.8. The smallest absolute Gasteiger partial charge is 0.306 e. The molecule has 50 heavy (non-hydrogen) atoms. The fourth-order valence-corrected chi connectivity index (χ4v) is 5.97. The van der Waals surface area contributed by atoms with Gasteiger partial charge in [0.2, 0.25) is 0 Å². The quantitative estimate of drug-likeness (QED) is 0.0118. The van der Waals surface area contributed by atoms with Crippen LogP contribution in [0.25, 0.3) is 0 Å². The standard InChI is InChI=1S/C39H72NO9P/c1-5-6-7-8-9-10-11-12-13-14-15-18-21-24-27-30-38(42)46-35-37(36-48-50(44,45)47-34-32-40(2,3)4)49-39(43)31-28-25-22-19-16-17-20-23-26-29-33-41/h20,23,26,29,33,37H,5-19,21-22,24-25,27-28,30-32,34-36H2,1-4H3/b23-20+,29-26+/t37-/m0/s1. The molecule has 0 fully saturated rings. The average Bonchev–Trinajstić information content (AvgIpc) is 3.06. The second-order valence-electron chi connectivity index (χ2n) is 14.3. The molecule has 0 saturated heterocycles. The van der Waals surface area contributed by atoms with Crippen LogP contribution in [0.2, 0.25) is 0 Å². The van der Waals surface area contributed by atoms with E-state index in [0.29, 0.717) is 17.4 Å². The van der Waals surface area contributed by atoms with Gasteiger partial charge in [0, 0.05) is 12.8 Å². The molecule has 0 saturated carbocycles. The van der Waals surface area contributed by atoms with E-state index in [0.717, 1.165) is 57.7 Å². The van der Waals surface area contributed by atoms with Crippen molar-refractivity contribution >= 4 is 26.0 Å². The number of carbonyl (C=O) groups is 3. The van der Waals surface area contributed by atoms with Crippen LogP contribution in [-0.4, -0.2) is 76.3 Å². The summed E-state index contributed by atoms with van der Waals surface area (Å²) in [4.78, 5) is 47.5. The number of likely N-dealkylation sites (N-methyl/N-ethyl adjacent to an activating group) is 1. The van der Waals surface area contributed by atoms with Crippen molar-refractivity contribution in [3.8, 4) is 0 Å². The summed E-state index contributed by atoms with van der Waals surface area (Å²) in [6.45, 7) is 1.90. The van der Waals surface area contributed by atoms with Gasteiger partial charge in [-0.2, -0.15) is 0 Å². The Morgan fingerprint density at radius 2 is 1.16 bits per heavy atom. The molecule has 11 heteroatoms. The van der Waals surface area contributed by atoms with Gasteiger partial charge in [0.1, 0.15) is 26.0 Å². The summed E-state index contributed by atoms with van der Waals surface area (Å²) in [5.41, 5.74) is 0. The van der Waals surface area contributed by atoms with Crippen molar-refractivity contribution in [1.29, 1.82) is 0 Å². The monoisotopic (exact) mass is 729 g/mol. The van der Waals surface area contributed by atoms with Gasteiger partial charge in [-0.05, 0) is 31.8 Å².